The lowest BCUT2D eigenvalue weighted by Crippen LogP contribution is -2.38. The molecule has 13 heteroatoms. The average molecular weight is 927 g/mol. The van der Waals surface area contributed by atoms with Gasteiger partial charge in [0.15, 0.2) is 0 Å². The van der Waals surface area contributed by atoms with E-state index >= 15 is 0 Å². The molecule has 1 unspecified atom stereocenters. The number of phenolic OH excluding ortho intramolecular Hbond substituents is 1. The van der Waals surface area contributed by atoms with Crippen LogP contribution in [0.4, 0.5) is 21.9 Å². The first-order valence-electron chi connectivity index (χ1n) is 23.3. The number of phenols is 1. The number of methoxy groups -OCH3 is 1. The van der Waals surface area contributed by atoms with E-state index in [1.807, 2.05) is 129 Å². The van der Waals surface area contributed by atoms with Crippen LogP contribution in [0.3, 0.4) is 0 Å². The van der Waals surface area contributed by atoms with Crippen LogP contribution >= 0.6 is 0 Å². The molecule has 5 aromatic carbocycles. The number of amides is 3. The van der Waals surface area contributed by atoms with Gasteiger partial charge in [-0.2, -0.15) is 0 Å². The lowest BCUT2D eigenvalue weighted by atomic mass is 10.00. The van der Waals surface area contributed by atoms with E-state index in [0.29, 0.717) is 18.5 Å². The number of nitrogens with one attached hydrogen (secondary N) is 4. The summed E-state index contributed by atoms with van der Waals surface area (Å²) in [5.41, 5.74) is 9.29. The molecule has 0 aromatic heterocycles. The molecule has 1 aliphatic heterocycles. The summed E-state index contributed by atoms with van der Waals surface area (Å²) in [5.74, 6) is 0.779. The average Bonchev–Trinajstić information content (AvgIpc) is 3.35. The number of allylic oxidation sites excluding steroid dienone is 1. The van der Waals surface area contributed by atoms with Crippen LogP contribution in [0.5, 0.6) is 11.5 Å². The maximum absolute atomic E-state index is 12.3. The van der Waals surface area contributed by atoms with Crippen molar-refractivity contribution in [2.45, 2.75) is 78.0 Å². The fraction of sp³-hybridized carbons (Fsp3) is 0.345. The van der Waals surface area contributed by atoms with Crippen molar-refractivity contribution >= 4 is 48.3 Å². The number of hydrogen-bond donors (Lipinski definition) is 5. The van der Waals surface area contributed by atoms with Gasteiger partial charge in [-0.15, -0.1) is 0 Å². The third-order valence-corrected chi connectivity index (χ3v) is 11.4. The monoisotopic (exact) mass is 927 g/mol. The first-order chi connectivity index (χ1) is 33.1. The van der Waals surface area contributed by atoms with E-state index in [1.165, 1.54) is 12.0 Å². The summed E-state index contributed by atoms with van der Waals surface area (Å²) in [7, 11) is 5.25. The molecule has 0 aliphatic carbocycles. The largest absolute Gasteiger partial charge is 0.506 e. The second kappa shape index (κ2) is 29.8. The molecule has 3 amide bonds. The zero-order valence-corrected chi connectivity index (χ0v) is 40.5. The molecule has 1 aliphatic rings. The Morgan fingerprint density at radius 2 is 1.62 bits per heavy atom. The third-order valence-electron chi connectivity index (χ3n) is 11.4. The predicted molar refractivity (Wildman–Crippen MR) is 276 cm³/mol. The molecule has 1 fully saturated rings. The molecule has 13 nitrogen and oxygen atoms in total. The highest BCUT2D eigenvalue weighted by molar-refractivity contribution is 5.91. The lowest BCUT2D eigenvalue weighted by molar-refractivity contribution is -0.108. The topological polar surface area (TPSA) is 162 Å². The van der Waals surface area contributed by atoms with E-state index in [9.17, 15) is 24.3 Å². The molecule has 0 radical (unpaired) electrons. The van der Waals surface area contributed by atoms with Crippen molar-refractivity contribution in [2.75, 3.05) is 62.9 Å². The number of carbonyl (C=O) groups is 4. The Morgan fingerprint density at radius 3 is 2.26 bits per heavy atom. The lowest BCUT2D eigenvalue weighted by Gasteiger charge is -2.31. The van der Waals surface area contributed by atoms with Gasteiger partial charge in [0.05, 0.1) is 18.5 Å². The Bertz CT molecular complexity index is 2330. The van der Waals surface area contributed by atoms with Crippen LogP contribution in [0.1, 0.15) is 67.9 Å². The number of piperidine rings is 1. The van der Waals surface area contributed by atoms with Gasteiger partial charge in [-0.25, -0.2) is 4.79 Å². The minimum absolute atomic E-state index is 0.0111. The molecule has 1 atom stereocenters. The summed E-state index contributed by atoms with van der Waals surface area (Å²) in [5, 5.41) is 22.1. The van der Waals surface area contributed by atoms with Crippen molar-refractivity contribution < 1.29 is 33.8 Å². The third kappa shape index (κ3) is 17.4. The summed E-state index contributed by atoms with van der Waals surface area (Å²) in [6.45, 7) is 10.9. The second-order valence-electron chi connectivity index (χ2n) is 16.5. The number of aldehydes is 1. The van der Waals surface area contributed by atoms with Crippen molar-refractivity contribution in [3.8, 4) is 22.6 Å². The Balaban J connectivity index is 0.000000239. The number of carbonyl (C=O) groups excluding carboxylic acids is 4. The smallest absolute Gasteiger partial charge is 0.411 e. The maximum atomic E-state index is 12.3. The van der Waals surface area contributed by atoms with E-state index < -0.39 is 0 Å². The highest BCUT2D eigenvalue weighted by Crippen LogP contribution is 2.32. The second-order valence-corrected chi connectivity index (χ2v) is 16.5. The highest BCUT2D eigenvalue weighted by atomic mass is 16.6. The molecule has 0 bridgehead atoms. The van der Waals surface area contributed by atoms with Crippen LogP contribution in [0.2, 0.25) is 0 Å². The van der Waals surface area contributed by atoms with Gasteiger partial charge in [0.1, 0.15) is 23.9 Å². The number of likely N-dealkylation sites (tertiary alicyclic amines) is 1. The van der Waals surface area contributed by atoms with E-state index in [-0.39, 0.29) is 24.0 Å². The summed E-state index contributed by atoms with van der Waals surface area (Å²) < 4.78 is 10.9. The van der Waals surface area contributed by atoms with Crippen molar-refractivity contribution in [1.29, 1.82) is 0 Å². The molecule has 362 valence electrons. The molecule has 1 saturated heterocycles. The normalized spacial score (nSPS) is 12.9. The van der Waals surface area contributed by atoms with Crippen molar-refractivity contribution in [1.82, 2.24) is 15.5 Å². The van der Waals surface area contributed by atoms with Crippen LogP contribution in [0.15, 0.2) is 115 Å². The fourth-order valence-electron chi connectivity index (χ4n) is 7.96. The van der Waals surface area contributed by atoms with Gasteiger partial charge >= 0.3 is 6.09 Å². The minimum Gasteiger partial charge on any atom is -0.506 e. The zero-order chi connectivity index (χ0) is 49.1. The molecule has 68 heavy (non-hydrogen) atoms. The van der Waals surface area contributed by atoms with Crippen molar-refractivity contribution in [2.24, 2.45) is 0 Å². The minimum atomic E-state index is -0.364. The molecule has 6 rings (SSSR count). The number of rotatable bonds is 21. The van der Waals surface area contributed by atoms with Crippen LogP contribution in [-0.4, -0.2) is 94.7 Å². The number of nitrogens with zero attached hydrogens (tertiary/aromatic N) is 2. The Hall–Kier alpha value is -6.80. The highest BCUT2D eigenvalue weighted by Gasteiger charge is 2.22. The molecule has 5 N–H and O–H groups in total. The summed E-state index contributed by atoms with van der Waals surface area (Å²) in [4.78, 5) is 48.5. The van der Waals surface area contributed by atoms with E-state index in [2.05, 4.69) is 40.0 Å². The van der Waals surface area contributed by atoms with Crippen LogP contribution in [0, 0.1) is 0 Å². The first kappa shape index (κ1) is 53.8. The Labute approximate surface area is 402 Å². The van der Waals surface area contributed by atoms with E-state index in [4.69, 9.17) is 9.47 Å². The first-order valence-corrected chi connectivity index (χ1v) is 23.3. The molecule has 0 saturated carbocycles. The maximum Gasteiger partial charge on any atom is 0.411 e. The quantitative estimate of drug-likeness (QED) is 0.0355. The van der Waals surface area contributed by atoms with E-state index in [0.717, 1.165) is 122 Å². The Kier molecular flexibility index (Phi) is 23.5. The summed E-state index contributed by atoms with van der Waals surface area (Å²) in [6, 6.07) is 35.4. The Morgan fingerprint density at radius 1 is 0.912 bits per heavy atom. The number of aromatic hydroxyl groups is 1. The molecule has 0 spiro atoms. The molecular weight excluding hydrogens is 857 g/mol. The van der Waals surface area contributed by atoms with Crippen molar-refractivity contribution in [3.63, 3.8) is 0 Å². The standard InChI is InChI=1S/C24H30N2O4.C21H26N2O2.C10H14N2O/c1-4-5-21-19(7-8-22(29)24(21)26-16-28)10-12-25-17(2)14-18-6-9-23(30-3)20(15-18)11-13-27;1-2-14-23-15-12-18(13-16-23)25-21(24)22-20-11-7-6-10-19(20)17-8-4-3-5-9-17;1-11-7-9-3-5-10(6-4-9)12(2)8-13/h4-9,13,15-17,25,29H,10-12,14H2,1-3H3,(H,26,28);3-11,18H,2,12-16H2,1H3,(H,22,24);3-6,8,11H,7H2,1-2H3/b5-4-;;. The van der Waals surface area contributed by atoms with Gasteiger partial charge in [-0.1, -0.05) is 97.9 Å². The van der Waals surface area contributed by atoms with Crippen molar-refractivity contribution in [3.05, 3.63) is 143 Å². The number of para-hydroxylation sites is 1. The van der Waals surface area contributed by atoms with Gasteiger partial charge in [0.2, 0.25) is 12.8 Å². The van der Waals surface area contributed by atoms with Crippen LogP contribution in [0.25, 0.3) is 17.2 Å². The number of ether oxygens (including phenoxy) is 2. The fourth-order valence-corrected chi connectivity index (χ4v) is 7.96. The zero-order valence-electron chi connectivity index (χ0n) is 40.5. The molecule has 1 heterocycles. The molecule has 5 aromatic rings. The number of anilines is 3. The van der Waals surface area contributed by atoms with Gasteiger partial charge < -0.3 is 45.1 Å². The predicted octanol–water partition coefficient (Wildman–Crippen LogP) is 9.28. The number of benzene rings is 5. The van der Waals surface area contributed by atoms with Crippen LogP contribution < -0.4 is 30.9 Å². The van der Waals surface area contributed by atoms with Gasteiger partial charge in [0, 0.05) is 61.5 Å². The summed E-state index contributed by atoms with van der Waals surface area (Å²) >= 11 is 0. The number of hydrogen-bond acceptors (Lipinski definition) is 10. The van der Waals surface area contributed by atoms with Crippen LogP contribution in [-0.2, 0) is 44.9 Å². The van der Waals surface area contributed by atoms with Gasteiger partial charge in [-0.05, 0) is 119 Å². The van der Waals surface area contributed by atoms with Gasteiger partial charge in [0.25, 0.3) is 0 Å². The SMILES string of the molecule is C/C=C\c1c(CCNC(C)Cc2ccc(OC)c(CC=O)c2)ccc(O)c1NC=O.CCCN1CCC(OC(=O)Nc2ccccc2-c2ccccc2)CC1.CNCc1ccc(N(C)C=O)cc1. The molecular formula is C55H70N6O7. The van der Waals surface area contributed by atoms with E-state index in [1.54, 1.807) is 25.1 Å². The van der Waals surface area contributed by atoms with Gasteiger partial charge in [-0.3, -0.25) is 14.9 Å². The summed E-state index contributed by atoms with van der Waals surface area (Å²) in [6.07, 6.45) is 10.6.